The van der Waals surface area contributed by atoms with Gasteiger partial charge in [0.25, 0.3) is 0 Å². The lowest BCUT2D eigenvalue weighted by molar-refractivity contribution is 0.137. The molecule has 0 bridgehead atoms. The number of hydrogen-bond donors (Lipinski definition) is 0. The quantitative estimate of drug-likeness (QED) is 0.860. The maximum atomic E-state index is 4.96. The third-order valence-corrected chi connectivity index (χ3v) is 5.71. The second-order valence-electron chi connectivity index (χ2n) is 7.63. The molecule has 0 radical (unpaired) electrons. The van der Waals surface area contributed by atoms with E-state index in [1.807, 2.05) is 12.3 Å². The van der Waals surface area contributed by atoms with E-state index in [0.29, 0.717) is 12.1 Å². The van der Waals surface area contributed by atoms with Crippen LogP contribution in [-0.2, 0) is 6.42 Å². The molecule has 124 valence electrons. The summed E-state index contributed by atoms with van der Waals surface area (Å²) < 4.78 is 2.47. The minimum absolute atomic E-state index is 0.634. The van der Waals surface area contributed by atoms with Gasteiger partial charge in [0, 0.05) is 31.2 Å². The molecule has 2 fully saturated rings. The summed E-state index contributed by atoms with van der Waals surface area (Å²) in [6.07, 6.45) is 9.60. The molecule has 2 aromatic heterocycles. The maximum Gasteiger partial charge on any atom is 0.160 e. The van der Waals surface area contributed by atoms with Crippen LogP contribution in [0.25, 0.3) is 11.2 Å². The zero-order valence-electron chi connectivity index (χ0n) is 14.4. The van der Waals surface area contributed by atoms with Crippen molar-refractivity contribution < 1.29 is 0 Å². The Morgan fingerprint density at radius 3 is 2.83 bits per heavy atom. The van der Waals surface area contributed by atoms with Gasteiger partial charge in [-0.2, -0.15) is 0 Å². The summed E-state index contributed by atoms with van der Waals surface area (Å²) >= 11 is 0. The topological polar surface area (TPSA) is 34.0 Å². The Hall–Kier alpha value is -1.42. The van der Waals surface area contributed by atoms with Gasteiger partial charge < -0.3 is 9.47 Å². The molecule has 1 unspecified atom stereocenters. The molecule has 0 aromatic carbocycles. The lowest BCUT2D eigenvalue weighted by Crippen LogP contribution is -2.40. The predicted molar refractivity (Wildman–Crippen MR) is 93.6 cm³/mol. The second-order valence-corrected chi connectivity index (χ2v) is 7.63. The van der Waals surface area contributed by atoms with Crippen molar-refractivity contribution in [3.63, 3.8) is 0 Å². The van der Waals surface area contributed by atoms with Gasteiger partial charge in [0.1, 0.15) is 11.3 Å². The van der Waals surface area contributed by atoms with E-state index in [1.54, 1.807) is 0 Å². The summed E-state index contributed by atoms with van der Waals surface area (Å²) in [5, 5.41) is 0. The van der Waals surface area contributed by atoms with Crippen molar-refractivity contribution in [3.8, 4) is 0 Å². The molecule has 0 spiro atoms. The van der Waals surface area contributed by atoms with Gasteiger partial charge >= 0.3 is 0 Å². The number of imidazole rings is 1. The zero-order valence-corrected chi connectivity index (χ0v) is 14.4. The molecule has 1 aliphatic heterocycles. The first-order valence-electron chi connectivity index (χ1n) is 9.28. The highest BCUT2D eigenvalue weighted by atomic mass is 15.2. The fourth-order valence-corrected chi connectivity index (χ4v) is 4.14. The number of nitrogens with zero attached hydrogens (tertiary/aromatic N) is 4. The van der Waals surface area contributed by atoms with Gasteiger partial charge in [-0.25, -0.2) is 9.97 Å². The van der Waals surface area contributed by atoms with E-state index in [0.717, 1.165) is 23.5 Å². The fraction of sp³-hybridized carbons (Fsp3) is 0.684. The molecular formula is C19H28N4. The van der Waals surface area contributed by atoms with Gasteiger partial charge in [0.15, 0.2) is 5.65 Å². The molecule has 0 amide bonds. The minimum Gasteiger partial charge on any atom is -0.310 e. The van der Waals surface area contributed by atoms with Crippen LogP contribution in [0.2, 0.25) is 0 Å². The third-order valence-electron chi connectivity index (χ3n) is 5.71. The Balaban J connectivity index is 1.60. The molecule has 1 saturated carbocycles. The van der Waals surface area contributed by atoms with E-state index in [9.17, 15) is 0 Å². The highest BCUT2D eigenvalue weighted by Gasteiger charge is 2.28. The van der Waals surface area contributed by atoms with Gasteiger partial charge in [-0.15, -0.1) is 0 Å². The van der Waals surface area contributed by atoms with Crippen LogP contribution in [0.4, 0.5) is 0 Å². The van der Waals surface area contributed by atoms with Crippen molar-refractivity contribution in [3.05, 3.63) is 24.2 Å². The molecule has 3 heterocycles. The van der Waals surface area contributed by atoms with Crippen molar-refractivity contribution in [2.45, 2.75) is 64.5 Å². The van der Waals surface area contributed by atoms with Crippen LogP contribution >= 0.6 is 0 Å². The molecule has 23 heavy (non-hydrogen) atoms. The zero-order chi connectivity index (χ0) is 15.8. The van der Waals surface area contributed by atoms with Crippen LogP contribution < -0.4 is 0 Å². The van der Waals surface area contributed by atoms with Crippen molar-refractivity contribution in [2.75, 3.05) is 13.1 Å². The van der Waals surface area contributed by atoms with Gasteiger partial charge in [-0.05, 0) is 70.5 Å². The van der Waals surface area contributed by atoms with Crippen LogP contribution in [0.3, 0.4) is 0 Å². The van der Waals surface area contributed by atoms with Crippen molar-refractivity contribution in [1.29, 1.82) is 0 Å². The van der Waals surface area contributed by atoms with Crippen LogP contribution in [0, 0.1) is 5.92 Å². The van der Waals surface area contributed by atoms with E-state index < -0.39 is 0 Å². The van der Waals surface area contributed by atoms with Gasteiger partial charge in [0.05, 0.1) is 0 Å². The number of aromatic nitrogens is 3. The lowest BCUT2D eigenvalue weighted by Gasteiger charge is -2.36. The van der Waals surface area contributed by atoms with Crippen LogP contribution in [-0.4, -0.2) is 38.6 Å². The first kappa shape index (κ1) is 15.1. The monoisotopic (exact) mass is 312 g/mol. The molecule has 4 rings (SSSR count). The maximum absolute atomic E-state index is 4.96. The van der Waals surface area contributed by atoms with Gasteiger partial charge in [-0.3, -0.25) is 0 Å². The summed E-state index contributed by atoms with van der Waals surface area (Å²) in [4.78, 5) is 12.2. The molecule has 2 aliphatic rings. The van der Waals surface area contributed by atoms with E-state index in [1.165, 1.54) is 51.0 Å². The van der Waals surface area contributed by atoms with Gasteiger partial charge in [0.2, 0.25) is 0 Å². The molecule has 4 nitrogen and oxygen atoms in total. The molecular weight excluding hydrogens is 284 g/mol. The fourth-order valence-electron chi connectivity index (χ4n) is 4.14. The van der Waals surface area contributed by atoms with Crippen LogP contribution in [0.15, 0.2) is 18.3 Å². The number of fused-ring (bicyclic) bond motifs is 1. The Kier molecular flexibility index (Phi) is 4.10. The summed E-state index contributed by atoms with van der Waals surface area (Å²) in [7, 11) is 0. The Labute approximate surface area is 138 Å². The summed E-state index contributed by atoms with van der Waals surface area (Å²) in [5.74, 6) is 2.01. The smallest absolute Gasteiger partial charge is 0.160 e. The lowest BCUT2D eigenvalue weighted by atomic mass is 9.91. The SMILES string of the molecule is CC(C)N1CCCC(Cc2nc3cccnc3n2C2CCC2)C1. The number of likely N-dealkylation sites (tertiary alicyclic amines) is 1. The number of pyridine rings is 1. The first-order valence-corrected chi connectivity index (χ1v) is 9.28. The summed E-state index contributed by atoms with van der Waals surface area (Å²) in [6, 6.07) is 5.41. The number of rotatable bonds is 4. The Morgan fingerprint density at radius 2 is 2.09 bits per heavy atom. The van der Waals surface area contributed by atoms with Crippen molar-refractivity contribution in [2.24, 2.45) is 5.92 Å². The molecule has 0 N–H and O–H groups in total. The highest BCUT2D eigenvalue weighted by molar-refractivity contribution is 5.71. The summed E-state index contributed by atoms with van der Waals surface area (Å²) in [6.45, 7) is 7.11. The summed E-state index contributed by atoms with van der Waals surface area (Å²) in [5.41, 5.74) is 2.18. The van der Waals surface area contributed by atoms with Crippen molar-refractivity contribution in [1.82, 2.24) is 19.4 Å². The molecule has 1 atom stereocenters. The molecule has 1 saturated heterocycles. The Bertz CT molecular complexity index is 671. The standard InChI is InChI=1S/C19H28N4/c1-14(2)22-11-5-6-15(13-22)12-18-21-17-9-4-10-20-19(17)23(18)16-7-3-8-16/h4,9-10,14-16H,3,5-8,11-13H2,1-2H3. The molecule has 4 heteroatoms. The van der Waals surface area contributed by atoms with E-state index >= 15 is 0 Å². The number of piperidine rings is 1. The molecule has 2 aromatic rings. The van der Waals surface area contributed by atoms with Gasteiger partial charge in [-0.1, -0.05) is 0 Å². The second kappa shape index (κ2) is 6.23. The third kappa shape index (κ3) is 2.89. The average Bonchev–Trinajstić information content (AvgIpc) is 2.84. The van der Waals surface area contributed by atoms with E-state index in [-0.39, 0.29) is 0 Å². The molecule has 1 aliphatic carbocycles. The van der Waals surface area contributed by atoms with E-state index in [2.05, 4.69) is 34.4 Å². The average molecular weight is 312 g/mol. The predicted octanol–water partition coefficient (Wildman–Crippen LogP) is 3.82. The van der Waals surface area contributed by atoms with Crippen LogP contribution in [0.1, 0.15) is 57.8 Å². The Morgan fingerprint density at radius 1 is 1.22 bits per heavy atom. The van der Waals surface area contributed by atoms with Crippen LogP contribution in [0.5, 0.6) is 0 Å². The normalized spacial score (nSPS) is 23.5. The minimum atomic E-state index is 0.634. The highest BCUT2D eigenvalue weighted by Crippen LogP contribution is 2.36. The first-order chi connectivity index (χ1) is 11.2. The van der Waals surface area contributed by atoms with E-state index in [4.69, 9.17) is 4.98 Å². The van der Waals surface area contributed by atoms with Crippen molar-refractivity contribution >= 4 is 11.2 Å². The number of hydrogen-bond acceptors (Lipinski definition) is 3. The largest absolute Gasteiger partial charge is 0.310 e.